The van der Waals surface area contributed by atoms with Gasteiger partial charge in [-0.25, -0.2) is 4.39 Å². The van der Waals surface area contributed by atoms with Crippen molar-refractivity contribution >= 4 is 5.91 Å². The van der Waals surface area contributed by atoms with E-state index in [1.165, 1.54) is 4.90 Å². The highest BCUT2D eigenvalue weighted by molar-refractivity contribution is 5.75. The number of hydrogen-bond acceptors (Lipinski definition) is 3. The number of aliphatic hydroxyl groups is 1. The number of nitrogens with zero attached hydrogens (tertiary/aromatic N) is 1. The summed E-state index contributed by atoms with van der Waals surface area (Å²) in [4.78, 5) is 11.8. The summed E-state index contributed by atoms with van der Waals surface area (Å²) in [5.74, 6) is -0.494. The van der Waals surface area contributed by atoms with Crippen LogP contribution >= 0.6 is 0 Å². The minimum atomic E-state index is -1.24. The minimum Gasteiger partial charge on any atom is -0.389 e. The maximum Gasteiger partial charge on any atom is 0.231 e. The smallest absolute Gasteiger partial charge is 0.231 e. The fourth-order valence-corrected chi connectivity index (χ4v) is 1.17. The Morgan fingerprint density at radius 2 is 2.36 bits per heavy atom. The predicted molar refractivity (Wildman–Crippen MR) is 36.5 cm³/mol. The molecule has 0 aliphatic carbocycles. The van der Waals surface area contributed by atoms with Crippen LogP contribution in [0.5, 0.6) is 0 Å². The summed E-state index contributed by atoms with van der Waals surface area (Å²) in [6, 6.07) is 0. The SMILES string of the molecule is NC(=O)CN1C[C@@H](F)[C@@H](O)C1. The quantitative estimate of drug-likeness (QED) is 0.518. The average molecular weight is 162 g/mol. The molecule has 2 atom stereocenters. The summed E-state index contributed by atoms with van der Waals surface area (Å²) in [7, 11) is 0. The molecule has 0 spiro atoms. The van der Waals surface area contributed by atoms with Crippen LogP contribution in [-0.4, -0.2) is 47.8 Å². The van der Waals surface area contributed by atoms with Crippen molar-refractivity contribution in [3.8, 4) is 0 Å². The molecule has 1 rings (SSSR count). The van der Waals surface area contributed by atoms with Gasteiger partial charge in [-0.3, -0.25) is 9.69 Å². The van der Waals surface area contributed by atoms with Gasteiger partial charge in [-0.15, -0.1) is 0 Å². The molecule has 0 aromatic heterocycles. The minimum absolute atomic E-state index is 0.0253. The van der Waals surface area contributed by atoms with Crippen molar-refractivity contribution in [2.24, 2.45) is 5.73 Å². The van der Waals surface area contributed by atoms with Crippen LogP contribution in [0.3, 0.4) is 0 Å². The number of halogens is 1. The molecule has 5 heteroatoms. The summed E-state index contributed by atoms with van der Waals surface area (Å²) in [5.41, 5.74) is 4.88. The number of β-amino-alcohol motifs (C(OH)–C–C–N with tert-alkyl or cyclic N) is 1. The van der Waals surface area contributed by atoms with Crippen LogP contribution in [0.2, 0.25) is 0 Å². The predicted octanol–water partition coefficient (Wildman–Crippen LogP) is -1.51. The van der Waals surface area contributed by atoms with E-state index in [2.05, 4.69) is 0 Å². The number of rotatable bonds is 2. The van der Waals surface area contributed by atoms with Crippen LogP contribution in [0.1, 0.15) is 0 Å². The zero-order chi connectivity index (χ0) is 8.43. The van der Waals surface area contributed by atoms with Crippen LogP contribution < -0.4 is 5.73 Å². The Hall–Kier alpha value is -0.680. The van der Waals surface area contributed by atoms with E-state index in [0.29, 0.717) is 0 Å². The van der Waals surface area contributed by atoms with E-state index < -0.39 is 18.2 Å². The number of carbonyl (C=O) groups is 1. The van der Waals surface area contributed by atoms with Gasteiger partial charge in [0.05, 0.1) is 12.6 Å². The third-order valence-corrected chi connectivity index (χ3v) is 1.67. The van der Waals surface area contributed by atoms with Gasteiger partial charge < -0.3 is 10.8 Å². The molecular weight excluding hydrogens is 151 g/mol. The van der Waals surface area contributed by atoms with Crippen LogP contribution in [0.25, 0.3) is 0 Å². The lowest BCUT2D eigenvalue weighted by Crippen LogP contribution is -2.32. The van der Waals surface area contributed by atoms with Crippen LogP contribution in [0, 0.1) is 0 Å². The molecule has 1 aliphatic heterocycles. The topological polar surface area (TPSA) is 66.6 Å². The number of primary amides is 1. The summed E-state index contributed by atoms with van der Waals surface area (Å²) in [6.45, 7) is 0.325. The van der Waals surface area contributed by atoms with E-state index in [4.69, 9.17) is 10.8 Å². The fraction of sp³-hybridized carbons (Fsp3) is 0.833. The zero-order valence-corrected chi connectivity index (χ0v) is 6.03. The first kappa shape index (κ1) is 8.42. The van der Waals surface area contributed by atoms with Gasteiger partial charge in [0.15, 0.2) is 0 Å². The number of aliphatic hydroxyl groups excluding tert-OH is 1. The Bertz CT molecular complexity index is 155. The maximum absolute atomic E-state index is 12.6. The molecule has 0 bridgehead atoms. The second-order valence-corrected chi connectivity index (χ2v) is 2.74. The first-order valence-electron chi connectivity index (χ1n) is 3.42. The van der Waals surface area contributed by atoms with Gasteiger partial charge in [0.25, 0.3) is 0 Å². The van der Waals surface area contributed by atoms with Gasteiger partial charge in [0.1, 0.15) is 6.17 Å². The van der Waals surface area contributed by atoms with Gasteiger partial charge in [0.2, 0.25) is 5.91 Å². The third-order valence-electron chi connectivity index (χ3n) is 1.67. The van der Waals surface area contributed by atoms with Gasteiger partial charge in [-0.1, -0.05) is 0 Å². The van der Waals surface area contributed by atoms with Crippen LogP contribution in [0.4, 0.5) is 4.39 Å². The molecule has 64 valence electrons. The first-order chi connectivity index (χ1) is 5.09. The largest absolute Gasteiger partial charge is 0.389 e. The van der Waals surface area contributed by atoms with E-state index in [9.17, 15) is 9.18 Å². The molecule has 4 nitrogen and oxygen atoms in total. The second kappa shape index (κ2) is 3.15. The van der Waals surface area contributed by atoms with Crippen molar-refractivity contribution in [2.45, 2.75) is 12.3 Å². The van der Waals surface area contributed by atoms with Crippen molar-refractivity contribution in [2.75, 3.05) is 19.6 Å². The molecule has 0 radical (unpaired) electrons. The lowest BCUT2D eigenvalue weighted by Gasteiger charge is -2.10. The molecule has 0 aromatic carbocycles. The number of hydrogen-bond donors (Lipinski definition) is 2. The lowest BCUT2D eigenvalue weighted by atomic mass is 10.3. The van der Waals surface area contributed by atoms with Gasteiger partial charge in [-0.05, 0) is 0 Å². The molecule has 1 fully saturated rings. The maximum atomic E-state index is 12.6. The Morgan fingerprint density at radius 1 is 1.73 bits per heavy atom. The third kappa shape index (κ3) is 2.13. The fourth-order valence-electron chi connectivity index (χ4n) is 1.17. The molecule has 0 saturated carbocycles. The summed E-state index contributed by atoms with van der Waals surface area (Å²) < 4.78 is 12.6. The van der Waals surface area contributed by atoms with Crippen LogP contribution in [-0.2, 0) is 4.79 Å². The summed E-state index contributed by atoms with van der Waals surface area (Å²) in [6.07, 6.45) is -2.20. The molecule has 0 unspecified atom stereocenters. The average Bonchev–Trinajstić information content (AvgIpc) is 2.10. The van der Waals surface area contributed by atoms with E-state index in [1.807, 2.05) is 0 Å². The van der Waals surface area contributed by atoms with Gasteiger partial charge in [0, 0.05) is 13.1 Å². The lowest BCUT2D eigenvalue weighted by molar-refractivity contribution is -0.119. The van der Waals surface area contributed by atoms with Crippen molar-refractivity contribution in [3.63, 3.8) is 0 Å². The van der Waals surface area contributed by atoms with Crippen molar-refractivity contribution in [1.82, 2.24) is 4.90 Å². The van der Waals surface area contributed by atoms with E-state index in [0.717, 1.165) is 0 Å². The first-order valence-corrected chi connectivity index (χ1v) is 3.42. The Balaban J connectivity index is 2.35. The monoisotopic (exact) mass is 162 g/mol. The normalized spacial score (nSPS) is 32.5. The Labute approximate surface area is 63.8 Å². The van der Waals surface area contributed by atoms with Crippen molar-refractivity contribution in [3.05, 3.63) is 0 Å². The molecule has 1 aliphatic rings. The molecule has 3 N–H and O–H groups in total. The number of alkyl halides is 1. The summed E-state index contributed by atoms with van der Waals surface area (Å²) >= 11 is 0. The molecule has 11 heavy (non-hydrogen) atoms. The second-order valence-electron chi connectivity index (χ2n) is 2.74. The van der Waals surface area contributed by atoms with E-state index in [-0.39, 0.29) is 19.6 Å². The number of carbonyl (C=O) groups excluding carboxylic acids is 1. The van der Waals surface area contributed by atoms with Crippen LogP contribution in [0.15, 0.2) is 0 Å². The number of nitrogens with two attached hydrogens (primary N) is 1. The number of amides is 1. The van der Waals surface area contributed by atoms with E-state index >= 15 is 0 Å². The Kier molecular flexibility index (Phi) is 2.41. The standard InChI is InChI=1S/C6H11FN2O2/c7-4-1-9(2-5(4)10)3-6(8)11/h4-5,10H,1-3H2,(H2,8,11)/t4-,5+/m1/s1. The summed E-state index contributed by atoms with van der Waals surface area (Å²) in [5, 5.41) is 8.91. The molecule has 0 aromatic rings. The Morgan fingerprint density at radius 3 is 2.73 bits per heavy atom. The molecule has 1 amide bonds. The zero-order valence-electron chi connectivity index (χ0n) is 6.03. The molecule has 1 heterocycles. The van der Waals surface area contributed by atoms with Gasteiger partial charge >= 0.3 is 0 Å². The van der Waals surface area contributed by atoms with Gasteiger partial charge in [-0.2, -0.15) is 0 Å². The van der Waals surface area contributed by atoms with E-state index in [1.54, 1.807) is 0 Å². The highest BCUT2D eigenvalue weighted by Crippen LogP contribution is 2.11. The highest BCUT2D eigenvalue weighted by Gasteiger charge is 2.31. The molecular formula is C6H11FN2O2. The number of likely N-dealkylation sites (tertiary alicyclic amines) is 1. The van der Waals surface area contributed by atoms with Crippen molar-refractivity contribution < 1.29 is 14.3 Å². The van der Waals surface area contributed by atoms with Crippen molar-refractivity contribution in [1.29, 1.82) is 0 Å². The highest BCUT2D eigenvalue weighted by atomic mass is 19.1. The molecule has 1 saturated heterocycles.